The maximum atomic E-state index is 13.5. The average Bonchev–Trinajstić information content (AvgIpc) is 4.34. The first-order valence-corrected chi connectivity index (χ1v) is 27.4. The number of fused-ring (bicyclic) bond motifs is 8. The standard InChI is InChI=1S/C58H80N6O18/c1-33-39(9-13-51(65)63-41(57(71)72)11-15-53(67)68)47-32-48-40(10-14-52(66)64-42(58(73)74)12-16-54(69)70)34(2)44(60-48)30-49-56(38(6)82-28-26-80-24-22-78-20-18-76-8)36(4)46(62-49)31-50-55(35(3)45(61-50)29-43(33)59-47)37(5)81-27-25-79-23-21-77-19-17-75-7/h29-32,37-38,41-42,61-62H,9-28H2,1-8H3,(H,63,65)(H,64,66)(H,67,68)(H,69,70)(H,71,72)(H,73,74). The van der Waals surface area contributed by atoms with Crippen LogP contribution in [0.15, 0.2) is 24.3 Å². The van der Waals surface area contributed by atoms with Gasteiger partial charge >= 0.3 is 23.9 Å². The maximum absolute atomic E-state index is 13.5. The van der Waals surface area contributed by atoms with Crippen molar-refractivity contribution in [3.8, 4) is 0 Å². The Hall–Kier alpha value is -6.90. The van der Waals surface area contributed by atoms with Gasteiger partial charge in [0.25, 0.3) is 0 Å². The molecule has 450 valence electrons. The fourth-order valence-corrected chi connectivity index (χ4v) is 9.55. The molecule has 5 rings (SSSR count). The fraction of sp³-hybridized carbons (Fsp3) is 0.552. The molecular formula is C58H80N6O18. The highest BCUT2D eigenvalue weighted by Gasteiger charge is 2.27. The Morgan fingerprint density at radius 3 is 1.21 bits per heavy atom. The summed E-state index contributed by atoms with van der Waals surface area (Å²) in [5, 5.41) is 43.0. The first kappa shape index (κ1) is 65.9. The summed E-state index contributed by atoms with van der Waals surface area (Å²) < 4.78 is 45.6. The van der Waals surface area contributed by atoms with Crippen molar-refractivity contribution in [3.63, 3.8) is 0 Å². The first-order chi connectivity index (χ1) is 39.2. The Balaban J connectivity index is 1.67. The molecule has 3 aromatic heterocycles. The zero-order valence-corrected chi connectivity index (χ0v) is 48.2. The maximum Gasteiger partial charge on any atom is 0.326 e. The Bertz CT molecular complexity index is 2950. The number of nitrogens with zero attached hydrogens (tertiary/aromatic N) is 2. The van der Waals surface area contributed by atoms with Gasteiger partial charge in [-0.3, -0.25) is 19.2 Å². The molecule has 24 nitrogen and oxygen atoms in total. The van der Waals surface area contributed by atoms with Crippen molar-refractivity contribution >= 4 is 80.1 Å². The molecule has 8 bridgehead atoms. The van der Waals surface area contributed by atoms with Crippen molar-refractivity contribution < 1.29 is 87.1 Å². The fourth-order valence-electron chi connectivity index (χ4n) is 9.55. The van der Waals surface area contributed by atoms with Crippen LogP contribution in [-0.4, -0.2) is 182 Å². The number of aryl methyl sites for hydroxylation is 2. The molecule has 2 amide bonds. The lowest BCUT2D eigenvalue weighted by Gasteiger charge is -2.15. The normalized spacial score (nSPS) is 14.0. The highest BCUT2D eigenvalue weighted by atomic mass is 16.6. The van der Waals surface area contributed by atoms with Crippen molar-refractivity contribution in [2.75, 3.05) is 93.5 Å². The Labute approximate surface area is 476 Å². The predicted molar refractivity (Wildman–Crippen MR) is 303 cm³/mol. The number of carboxylic acids is 4. The van der Waals surface area contributed by atoms with Crippen molar-refractivity contribution in [2.45, 2.75) is 117 Å². The van der Waals surface area contributed by atoms with Crippen LogP contribution in [0.3, 0.4) is 0 Å². The summed E-state index contributed by atoms with van der Waals surface area (Å²) in [4.78, 5) is 91.3. The molecule has 0 radical (unpaired) electrons. The van der Waals surface area contributed by atoms with Crippen molar-refractivity contribution in [3.05, 3.63) is 69.3 Å². The van der Waals surface area contributed by atoms with Gasteiger partial charge in [-0.15, -0.1) is 0 Å². The van der Waals surface area contributed by atoms with Gasteiger partial charge in [0.15, 0.2) is 0 Å². The van der Waals surface area contributed by atoms with Crippen LogP contribution in [0.2, 0.25) is 0 Å². The number of ether oxygens (including phenoxy) is 8. The highest BCUT2D eigenvalue weighted by molar-refractivity contribution is 5.97. The summed E-state index contributed by atoms with van der Waals surface area (Å²) >= 11 is 0. The molecule has 0 saturated heterocycles. The van der Waals surface area contributed by atoms with E-state index in [2.05, 4.69) is 20.6 Å². The Morgan fingerprint density at radius 1 is 0.476 bits per heavy atom. The van der Waals surface area contributed by atoms with Crippen LogP contribution in [0, 0.1) is 13.8 Å². The van der Waals surface area contributed by atoms with E-state index in [1.165, 1.54) is 0 Å². The molecular weight excluding hydrogens is 1070 g/mol. The van der Waals surface area contributed by atoms with E-state index < -0.39 is 72.8 Å². The van der Waals surface area contributed by atoms with Gasteiger partial charge in [-0.2, -0.15) is 0 Å². The number of H-pyrrole nitrogens is 2. The van der Waals surface area contributed by atoms with Gasteiger partial charge in [-0.05, 0) is 125 Å². The molecule has 0 saturated carbocycles. The second-order valence-electron chi connectivity index (χ2n) is 19.8. The number of carbonyl (C=O) groups is 6. The van der Waals surface area contributed by atoms with E-state index in [0.29, 0.717) is 122 Å². The summed E-state index contributed by atoms with van der Waals surface area (Å²) in [6, 6.07) is 4.73. The molecule has 82 heavy (non-hydrogen) atoms. The van der Waals surface area contributed by atoms with Crippen LogP contribution in [0.4, 0.5) is 0 Å². The van der Waals surface area contributed by atoms with Gasteiger partial charge in [0, 0.05) is 73.1 Å². The molecule has 0 aliphatic carbocycles. The summed E-state index contributed by atoms with van der Waals surface area (Å²) in [6.45, 7) is 16.3. The van der Waals surface area contributed by atoms with Gasteiger partial charge in [-0.1, -0.05) is 0 Å². The lowest BCUT2D eigenvalue weighted by atomic mass is 9.97. The number of carbonyl (C=O) groups excluding carboxylic acids is 2. The van der Waals surface area contributed by atoms with Gasteiger partial charge in [0.05, 0.1) is 114 Å². The number of hydrogen-bond acceptors (Lipinski definition) is 16. The second-order valence-corrected chi connectivity index (χ2v) is 19.8. The van der Waals surface area contributed by atoms with Crippen LogP contribution in [0.5, 0.6) is 0 Å². The van der Waals surface area contributed by atoms with E-state index in [4.69, 9.17) is 47.9 Å². The van der Waals surface area contributed by atoms with Gasteiger partial charge < -0.3 is 78.9 Å². The van der Waals surface area contributed by atoms with E-state index in [-0.39, 0.29) is 51.7 Å². The minimum atomic E-state index is -1.43. The van der Waals surface area contributed by atoms with Crippen molar-refractivity contribution in [2.24, 2.45) is 0 Å². The third-order valence-corrected chi connectivity index (χ3v) is 14.0. The molecule has 24 heteroatoms. The summed E-state index contributed by atoms with van der Waals surface area (Å²) in [6.07, 6.45) is -2.69. The Morgan fingerprint density at radius 2 is 0.829 bits per heavy atom. The molecule has 2 aliphatic rings. The minimum Gasteiger partial charge on any atom is -0.481 e. The van der Waals surface area contributed by atoms with Gasteiger partial charge in [0.1, 0.15) is 12.1 Å². The number of amides is 2. The van der Waals surface area contributed by atoms with Gasteiger partial charge in [-0.25, -0.2) is 19.6 Å². The number of allylic oxidation sites excluding steroid dienone is 4. The van der Waals surface area contributed by atoms with Crippen LogP contribution >= 0.6 is 0 Å². The molecule has 0 spiro atoms. The number of nitrogens with one attached hydrogen (secondary N) is 4. The number of carboxylic acid groups (broad SMARTS) is 4. The zero-order chi connectivity index (χ0) is 59.9. The van der Waals surface area contributed by atoms with Crippen molar-refractivity contribution in [1.29, 1.82) is 0 Å². The van der Waals surface area contributed by atoms with E-state index in [1.54, 1.807) is 20.3 Å². The molecule has 2 aliphatic heterocycles. The quantitative estimate of drug-likeness (QED) is 0.0275. The smallest absolute Gasteiger partial charge is 0.326 e. The van der Waals surface area contributed by atoms with Gasteiger partial charge in [0.2, 0.25) is 11.8 Å². The lowest BCUT2D eigenvalue weighted by Crippen LogP contribution is -2.41. The SMILES string of the molecule is COCCOCCOCCOC(C)c1c(C)c2cc3[nH]c(cc4nc(cc5nc(cc1[nH]2)C(C)=C5CCC(=O)NC(CCC(=O)O)C(=O)O)C(CCC(=O)NC(CCC(=O)O)C(=O)O)=C4C)c(C)c3C(C)OCCOCCOCCOC. The number of aromatic amines is 2. The van der Waals surface area contributed by atoms with E-state index in [0.717, 1.165) is 33.3 Å². The number of hydrogen-bond donors (Lipinski definition) is 8. The van der Waals surface area contributed by atoms with E-state index in [1.807, 2.05) is 59.7 Å². The number of aromatic nitrogens is 4. The molecule has 4 atom stereocenters. The topological polar surface area (TPSA) is 339 Å². The summed E-state index contributed by atoms with van der Waals surface area (Å²) in [7, 11) is 3.22. The molecule has 0 aromatic carbocycles. The van der Waals surface area contributed by atoms with Crippen LogP contribution < -0.4 is 10.6 Å². The Kier molecular flexibility index (Phi) is 26.7. The summed E-state index contributed by atoms with van der Waals surface area (Å²) in [5.41, 5.74) is 11.0. The molecule has 0 fully saturated rings. The lowest BCUT2D eigenvalue weighted by molar-refractivity contribution is -0.144. The molecule has 5 heterocycles. The monoisotopic (exact) mass is 1150 g/mol. The molecule has 8 N–H and O–H groups in total. The van der Waals surface area contributed by atoms with Crippen LogP contribution in [0.1, 0.15) is 136 Å². The van der Waals surface area contributed by atoms with E-state index in [9.17, 15) is 49.2 Å². The van der Waals surface area contributed by atoms with Crippen LogP contribution in [-0.2, 0) is 66.7 Å². The third kappa shape index (κ3) is 19.6. The average molecular weight is 1150 g/mol. The largest absolute Gasteiger partial charge is 0.481 e. The van der Waals surface area contributed by atoms with Crippen LogP contribution in [0.25, 0.3) is 44.4 Å². The number of methoxy groups -OCH3 is 2. The minimum absolute atomic E-state index is 0.0775. The highest BCUT2D eigenvalue weighted by Crippen LogP contribution is 2.39. The second kappa shape index (κ2) is 33.3. The predicted octanol–water partition coefficient (Wildman–Crippen LogP) is 6.74. The zero-order valence-electron chi connectivity index (χ0n) is 48.2. The van der Waals surface area contributed by atoms with E-state index >= 15 is 0 Å². The molecule has 3 aromatic rings. The van der Waals surface area contributed by atoms with Crippen molar-refractivity contribution in [1.82, 2.24) is 30.6 Å². The molecule has 4 unspecified atom stereocenters. The summed E-state index contributed by atoms with van der Waals surface area (Å²) in [5.74, 6) is -6.38. The number of aliphatic carboxylic acids is 4. The third-order valence-electron chi connectivity index (χ3n) is 14.0. The first-order valence-electron chi connectivity index (χ1n) is 27.4. The number of rotatable bonds is 38.